The molecule has 0 spiro atoms. The molecule has 2 aromatic carbocycles. The Morgan fingerprint density at radius 1 is 1.19 bits per heavy atom. The molecule has 1 atom stereocenters. The number of hydrazone groups is 1. The van der Waals surface area contributed by atoms with Crippen molar-refractivity contribution in [1.82, 2.24) is 5.01 Å². The van der Waals surface area contributed by atoms with Crippen molar-refractivity contribution in [2.24, 2.45) is 5.10 Å². The molecule has 0 bridgehead atoms. The maximum Gasteiger partial charge on any atom is 0.303 e. The molecule has 0 aliphatic carbocycles. The van der Waals surface area contributed by atoms with Gasteiger partial charge in [0.15, 0.2) is 0 Å². The van der Waals surface area contributed by atoms with E-state index in [1.54, 1.807) is 18.2 Å². The molecule has 0 radical (unpaired) electrons. The first-order chi connectivity index (χ1) is 12.5. The normalized spacial score (nSPS) is 16.5. The minimum Gasteiger partial charge on any atom is -0.481 e. The summed E-state index contributed by atoms with van der Waals surface area (Å²) in [4.78, 5) is 23.3. The van der Waals surface area contributed by atoms with Gasteiger partial charge >= 0.3 is 5.97 Å². The van der Waals surface area contributed by atoms with Crippen LogP contribution in [0.5, 0.6) is 0 Å². The van der Waals surface area contributed by atoms with Crippen molar-refractivity contribution in [2.45, 2.75) is 25.3 Å². The first-order valence-corrected chi connectivity index (χ1v) is 8.86. The van der Waals surface area contributed by atoms with Crippen molar-refractivity contribution in [2.75, 3.05) is 0 Å². The van der Waals surface area contributed by atoms with Crippen molar-refractivity contribution in [1.29, 1.82) is 0 Å². The third kappa shape index (κ3) is 3.99. The molecule has 5 nitrogen and oxygen atoms in total. The number of carbonyl (C=O) groups is 2. The summed E-state index contributed by atoms with van der Waals surface area (Å²) >= 11 is 3.40. The number of carboxylic acid groups (broad SMARTS) is 1. The van der Waals surface area contributed by atoms with Crippen molar-refractivity contribution in [3.8, 4) is 0 Å². The Bertz CT molecular complexity index is 885. The molecular weight excluding hydrogens is 403 g/mol. The summed E-state index contributed by atoms with van der Waals surface area (Å²) in [6, 6.07) is 13.1. The Hall–Kier alpha value is -2.54. The Balaban J connectivity index is 1.94. The Labute approximate surface area is 158 Å². The quantitative estimate of drug-likeness (QED) is 0.793. The number of benzene rings is 2. The van der Waals surface area contributed by atoms with Crippen LogP contribution < -0.4 is 0 Å². The first kappa shape index (κ1) is 18.3. The van der Waals surface area contributed by atoms with Gasteiger partial charge in [0.05, 0.1) is 18.2 Å². The number of rotatable bonds is 5. The fourth-order valence-corrected chi connectivity index (χ4v) is 3.30. The topological polar surface area (TPSA) is 70.0 Å². The van der Waals surface area contributed by atoms with Gasteiger partial charge in [0.2, 0.25) is 5.91 Å². The van der Waals surface area contributed by atoms with Crippen LogP contribution >= 0.6 is 15.9 Å². The van der Waals surface area contributed by atoms with E-state index < -0.39 is 23.7 Å². The second-order valence-electron chi connectivity index (χ2n) is 5.93. The van der Waals surface area contributed by atoms with Crippen molar-refractivity contribution in [3.63, 3.8) is 0 Å². The summed E-state index contributed by atoms with van der Waals surface area (Å²) < 4.78 is 15.2. The van der Waals surface area contributed by atoms with E-state index in [2.05, 4.69) is 21.0 Å². The number of carbonyl (C=O) groups excluding carboxylic acids is 1. The van der Waals surface area contributed by atoms with Crippen molar-refractivity contribution >= 4 is 33.5 Å². The van der Waals surface area contributed by atoms with Gasteiger partial charge in [-0.05, 0) is 23.8 Å². The Morgan fingerprint density at radius 2 is 1.96 bits per heavy atom. The third-order valence-corrected chi connectivity index (χ3v) is 4.63. The average molecular weight is 419 g/mol. The number of aliphatic carboxylic acids is 1. The maximum atomic E-state index is 14.3. The van der Waals surface area contributed by atoms with E-state index in [4.69, 9.17) is 5.11 Å². The van der Waals surface area contributed by atoms with E-state index in [0.717, 1.165) is 10.0 Å². The van der Waals surface area contributed by atoms with Gasteiger partial charge in [-0.15, -0.1) is 0 Å². The largest absolute Gasteiger partial charge is 0.481 e. The lowest BCUT2D eigenvalue weighted by atomic mass is 9.98. The minimum atomic E-state index is -1.06. The minimum absolute atomic E-state index is 0.185. The molecular formula is C19H16BrFN2O3. The fraction of sp³-hybridized carbons (Fsp3) is 0.211. The summed E-state index contributed by atoms with van der Waals surface area (Å²) in [5, 5.41) is 14.4. The molecule has 2 aromatic rings. The standard InChI is InChI=1S/C19H16BrFN2O3/c20-13-5-3-4-12(10-13)16-11-17(14-6-1-2-7-15(14)21)23(22-16)18(24)8-9-19(25)26/h1-7,10,17H,8-9,11H2,(H,25,26)/t17-/m1/s1. The molecule has 1 heterocycles. The summed E-state index contributed by atoms with van der Waals surface area (Å²) in [5.41, 5.74) is 1.85. The zero-order chi connectivity index (χ0) is 18.7. The molecule has 134 valence electrons. The fourth-order valence-electron chi connectivity index (χ4n) is 2.90. The van der Waals surface area contributed by atoms with Crippen LogP contribution in [0, 0.1) is 5.82 Å². The lowest BCUT2D eigenvalue weighted by molar-refractivity contribution is -0.141. The van der Waals surface area contributed by atoms with Crippen LogP contribution in [0.4, 0.5) is 4.39 Å². The van der Waals surface area contributed by atoms with Gasteiger partial charge in [0, 0.05) is 22.9 Å². The Morgan fingerprint density at radius 3 is 2.65 bits per heavy atom. The lowest BCUT2D eigenvalue weighted by Crippen LogP contribution is -2.28. The van der Waals surface area contributed by atoms with Gasteiger partial charge < -0.3 is 5.11 Å². The van der Waals surface area contributed by atoms with Crippen LogP contribution in [0.1, 0.15) is 36.4 Å². The Kier molecular flexibility index (Phi) is 5.46. The molecule has 1 N–H and O–H groups in total. The highest BCUT2D eigenvalue weighted by atomic mass is 79.9. The maximum absolute atomic E-state index is 14.3. The third-order valence-electron chi connectivity index (χ3n) is 4.14. The van der Waals surface area contributed by atoms with Crippen molar-refractivity contribution in [3.05, 3.63) is 69.9 Å². The number of halogens is 2. The van der Waals surface area contributed by atoms with E-state index in [-0.39, 0.29) is 12.8 Å². The van der Waals surface area contributed by atoms with Crippen LogP contribution in [0.15, 0.2) is 58.1 Å². The summed E-state index contributed by atoms with van der Waals surface area (Å²) in [6.45, 7) is 0. The molecule has 1 aliphatic heterocycles. The average Bonchev–Trinajstić information content (AvgIpc) is 3.05. The predicted octanol–water partition coefficient (Wildman–Crippen LogP) is 4.13. The summed E-state index contributed by atoms with van der Waals surface area (Å²) in [5.74, 6) is -1.92. The van der Waals surface area contributed by atoms with E-state index in [0.29, 0.717) is 17.7 Å². The zero-order valence-corrected chi connectivity index (χ0v) is 15.3. The second kappa shape index (κ2) is 7.78. The molecule has 7 heteroatoms. The molecule has 3 rings (SSSR count). The number of hydrogen-bond donors (Lipinski definition) is 1. The van der Waals surface area contributed by atoms with Gasteiger partial charge in [-0.2, -0.15) is 5.10 Å². The van der Waals surface area contributed by atoms with Crippen LogP contribution in [0.3, 0.4) is 0 Å². The zero-order valence-electron chi connectivity index (χ0n) is 13.7. The van der Waals surface area contributed by atoms with Gasteiger partial charge in [0.25, 0.3) is 0 Å². The molecule has 0 saturated heterocycles. The van der Waals surface area contributed by atoms with Gasteiger partial charge in [0.1, 0.15) is 5.82 Å². The molecule has 1 aliphatic rings. The second-order valence-corrected chi connectivity index (χ2v) is 6.85. The molecule has 0 aromatic heterocycles. The number of hydrogen-bond acceptors (Lipinski definition) is 3. The number of nitrogens with zero attached hydrogens (tertiary/aromatic N) is 2. The predicted molar refractivity (Wildman–Crippen MR) is 98.2 cm³/mol. The molecule has 0 fully saturated rings. The van der Waals surface area contributed by atoms with Gasteiger partial charge in [-0.25, -0.2) is 9.40 Å². The van der Waals surface area contributed by atoms with E-state index in [1.165, 1.54) is 11.1 Å². The number of carboxylic acids is 1. The van der Waals surface area contributed by atoms with Crippen molar-refractivity contribution < 1.29 is 19.1 Å². The highest BCUT2D eigenvalue weighted by molar-refractivity contribution is 9.10. The SMILES string of the molecule is O=C(O)CCC(=O)N1N=C(c2cccc(Br)c2)C[C@@H]1c1ccccc1F. The molecule has 26 heavy (non-hydrogen) atoms. The highest BCUT2D eigenvalue weighted by Gasteiger charge is 2.34. The first-order valence-electron chi connectivity index (χ1n) is 8.07. The summed E-state index contributed by atoms with van der Waals surface area (Å²) in [7, 11) is 0. The van der Waals surface area contributed by atoms with Gasteiger partial charge in [-0.3, -0.25) is 9.59 Å². The van der Waals surface area contributed by atoms with Crippen LogP contribution in [0.25, 0.3) is 0 Å². The summed E-state index contributed by atoms with van der Waals surface area (Å²) in [6.07, 6.45) is -0.118. The smallest absolute Gasteiger partial charge is 0.303 e. The van der Waals surface area contributed by atoms with Crippen LogP contribution in [0.2, 0.25) is 0 Å². The molecule has 0 saturated carbocycles. The van der Waals surface area contributed by atoms with Crippen LogP contribution in [-0.4, -0.2) is 27.7 Å². The highest BCUT2D eigenvalue weighted by Crippen LogP contribution is 2.35. The van der Waals surface area contributed by atoms with E-state index >= 15 is 0 Å². The molecule has 1 amide bonds. The van der Waals surface area contributed by atoms with Crippen LogP contribution in [-0.2, 0) is 9.59 Å². The van der Waals surface area contributed by atoms with E-state index in [1.807, 2.05) is 24.3 Å². The number of amides is 1. The van der Waals surface area contributed by atoms with E-state index in [9.17, 15) is 14.0 Å². The lowest BCUT2D eigenvalue weighted by Gasteiger charge is -2.22. The monoisotopic (exact) mass is 418 g/mol. The van der Waals surface area contributed by atoms with Gasteiger partial charge in [-0.1, -0.05) is 46.3 Å². The molecule has 0 unspecified atom stereocenters.